The predicted octanol–water partition coefficient (Wildman–Crippen LogP) is 3.85. The Kier molecular flexibility index (Phi) is 2.67. The van der Waals surface area contributed by atoms with Crippen LogP contribution in [0.1, 0.15) is 24.1 Å². The van der Waals surface area contributed by atoms with Crippen LogP contribution in [0.3, 0.4) is 0 Å². The monoisotopic (exact) mass is 241 g/mol. The molecule has 1 aliphatic carbocycles. The molecule has 3 rings (SSSR count). The van der Waals surface area contributed by atoms with E-state index in [4.69, 9.17) is 0 Å². The maximum absolute atomic E-state index is 13.5. The highest BCUT2D eigenvalue weighted by atomic mass is 19.1. The largest absolute Gasteiger partial charge is 0.296 e. The first-order valence-electron chi connectivity index (χ1n) is 6.31. The van der Waals surface area contributed by atoms with Gasteiger partial charge >= 0.3 is 0 Å². The number of benzene rings is 2. The summed E-state index contributed by atoms with van der Waals surface area (Å²) in [4.78, 5) is 2.29. The van der Waals surface area contributed by atoms with Gasteiger partial charge in [0.25, 0.3) is 0 Å². The van der Waals surface area contributed by atoms with Crippen molar-refractivity contribution in [2.24, 2.45) is 0 Å². The third-order valence-corrected chi connectivity index (χ3v) is 3.80. The van der Waals surface area contributed by atoms with E-state index in [1.807, 2.05) is 12.1 Å². The molecule has 1 unspecified atom stereocenters. The van der Waals surface area contributed by atoms with Crippen LogP contribution < -0.4 is 0 Å². The Morgan fingerprint density at radius 3 is 2.56 bits per heavy atom. The first-order chi connectivity index (χ1) is 8.72. The zero-order valence-corrected chi connectivity index (χ0v) is 10.7. The van der Waals surface area contributed by atoms with Crippen molar-refractivity contribution in [3.05, 3.63) is 59.4 Å². The standard InChI is InChI=1S/C16H16FN/c1-3-18(2)16-13-7-5-4-6-12(13)15-10-11(17)8-9-14(15)16/h4-10,16H,3H2,1-2H3. The van der Waals surface area contributed by atoms with Gasteiger partial charge in [-0.25, -0.2) is 4.39 Å². The van der Waals surface area contributed by atoms with Gasteiger partial charge in [0.1, 0.15) is 5.82 Å². The van der Waals surface area contributed by atoms with Gasteiger partial charge in [0.2, 0.25) is 0 Å². The Bertz CT molecular complexity index is 591. The molecule has 18 heavy (non-hydrogen) atoms. The molecular weight excluding hydrogens is 225 g/mol. The molecule has 0 spiro atoms. The molecule has 0 amide bonds. The minimum Gasteiger partial charge on any atom is -0.296 e. The second-order valence-corrected chi connectivity index (χ2v) is 4.79. The normalized spacial score (nSPS) is 16.8. The summed E-state index contributed by atoms with van der Waals surface area (Å²) in [6, 6.07) is 13.7. The van der Waals surface area contributed by atoms with Crippen LogP contribution in [-0.2, 0) is 0 Å². The van der Waals surface area contributed by atoms with Crippen molar-refractivity contribution in [1.29, 1.82) is 0 Å². The molecule has 0 fully saturated rings. The fraction of sp³-hybridized carbons (Fsp3) is 0.250. The third-order valence-electron chi connectivity index (χ3n) is 3.80. The van der Waals surface area contributed by atoms with Crippen LogP contribution in [0.15, 0.2) is 42.5 Å². The van der Waals surface area contributed by atoms with Crippen LogP contribution in [0.5, 0.6) is 0 Å². The average molecular weight is 241 g/mol. The van der Waals surface area contributed by atoms with Crippen molar-refractivity contribution in [2.75, 3.05) is 13.6 Å². The molecule has 0 radical (unpaired) electrons. The first-order valence-corrected chi connectivity index (χ1v) is 6.31. The average Bonchev–Trinajstić information content (AvgIpc) is 2.72. The van der Waals surface area contributed by atoms with Gasteiger partial charge in [-0.3, -0.25) is 4.90 Å². The second kappa shape index (κ2) is 4.21. The van der Waals surface area contributed by atoms with Crippen molar-refractivity contribution >= 4 is 0 Å². The van der Waals surface area contributed by atoms with Crippen molar-refractivity contribution in [3.8, 4) is 11.1 Å². The van der Waals surface area contributed by atoms with E-state index < -0.39 is 0 Å². The highest BCUT2D eigenvalue weighted by Gasteiger charge is 2.30. The van der Waals surface area contributed by atoms with Crippen molar-refractivity contribution in [2.45, 2.75) is 13.0 Å². The molecule has 0 heterocycles. The lowest BCUT2D eigenvalue weighted by Crippen LogP contribution is -2.23. The molecule has 1 nitrogen and oxygen atoms in total. The second-order valence-electron chi connectivity index (χ2n) is 4.79. The summed E-state index contributed by atoms with van der Waals surface area (Å²) < 4.78 is 13.5. The summed E-state index contributed by atoms with van der Waals surface area (Å²) >= 11 is 0. The molecule has 0 aliphatic heterocycles. The summed E-state index contributed by atoms with van der Waals surface area (Å²) in [5.74, 6) is -0.164. The quantitative estimate of drug-likeness (QED) is 0.772. The molecular formula is C16H16FN. The fourth-order valence-corrected chi connectivity index (χ4v) is 2.81. The van der Waals surface area contributed by atoms with E-state index in [0.717, 1.165) is 17.7 Å². The van der Waals surface area contributed by atoms with Crippen LogP contribution in [-0.4, -0.2) is 18.5 Å². The van der Waals surface area contributed by atoms with E-state index in [0.29, 0.717) is 0 Å². The van der Waals surface area contributed by atoms with E-state index in [1.165, 1.54) is 11.1 Å². The Balaban J connectivity index is 2.25. The SMILES string of the molecule is CCN(C)C1c2ccccc2-c2cc(F)ccc21. The summed E-state index contributed by atoms with van der Waals surface area (Å²) in [5, 5.41) is 0. The topological polar surface area (TPSA) is 3.24 Å². The zero-order chi connectivity index (χ0) is 12.7. The minimum absolute atomic E-state index is 0.164. The Labute approximate surface area is 107 Å². The van der Waals surface area contributed by atoms with Gasteiger partial charge in [-0.15, -0.1) is 0 Å². The van der Waals surface area contributed by atoms with E-state index in [2.05, 4.69) is 37.1 Å². The predicted molar refractivity (Wildman–Crippen MR) is 72.0 cm³/mol. The lowest BCUT2D eigenvalue weighted by Gasteiger charge is -2.24. The van der Waals surface area contributed by atoms with Gasteiger partial charge in [0.15, 0.2) is 0 Å². The van der Waals surface area contributed by atoms with Gasteiger partial charge in [0.05, 0.1) is 6.04 Å². The molecule has 2 heteroatoms. The van der Waals surface area contributed by atoms with Gasteiger partial charge in [-0.2, -0.15) is 0 Å². The van der Waals surface area contributed by atoms with Crippen LogP contribution in [0.2, 0.25) is 0 Å². The summed E-state index contributed by atoms with van der Waals surface area (Å²) in [6.45, 7) is 3.11. The Morgan fingerprint density at radius 2 is 1.78 bits per heavy atom. The molecule has 92 valence electrons. The molecule has 0 saturated heterocycles. The molecule has 0 bridgehead atoms. The highest BCUT2D eigenvalue weighted by Crippen LogP contribution is 2.45. The van der Waals surface area contributed by atoms with Crippen LogP contribution >= 0.6 is 0 Å². The maximum atomic E-state index is 13.5. The first kappa shape index (κ1) is 11.4. The van der Waals surface area contributed by atoms with E-state index >= 15 is 0 Å². The summed E-state index contributed by atoms with van der Waals surface area (Å²) in [6.07, 6.45) is 0. The molecule has 2 aromatic carbocycles. The van der Waals surface area contributed by atoms with Gasteiger partial charge in [0, 0.05) is 0 Å². The molecule has 1 aliphatic rings. The number of halogens is 1. The van der Waals surface area contributed by atoms with Gasteiger partial charge < -0.3 is 0 Å². The molecule has 1 atom stereocenters. The van der Waals surface area contributed by atoms with Gasteiger partial charge in [-0.05, 0) is 48.0 Å². The van der Waals surface area contributed by atoms with Crippen molar-refractivity contribution in [1.82, 2.24) is 4.90 Å². The lowest BCUT2D eigenvalue weighted by molar-refractivity contribution is 0.298. The van der Waals surface area contributed by atoms with Gasteiger partial charge in [-0.1, -0.05) is 37.3 Å². The highest BCUT2D eigenvalue weighted by molar-refractivity contribution is 5.78. The number of hydrogen-bond acceptors (Lipinski definition) is 1. The summed E-state index contributed by atoms with van der Waals surface area (Å²) in [7, 11) is 2.11. The number of hydrogen-bond donors (Lipinski definition) is 0. The maximum Gasteiger partial charge on any atom is 0.123 e. The zero-order valence-electron chi connectivity index (χ0n) is 10.7. The molecule has 0 aromatic heterocycles. The van der Waals surface area contributed by atoms with Crippen molar-refractivity contribution in [3.63, 3.8) is 0 Å². The van der Waals surface area contributed by atoms with E-state index in [-0.39, 0.29) is 11.9 Å². The van der Waals surface area contributed by atoms with E-state index in [9.17, 15) is 4.39 Å². The lowest BCUT2D eigenvalue weighted by atomic mass is 10.0. The summed E-state index contributed by atoms with van der Waals surface area (Å²) in [5.41, 5.74) is 4.69. The van der Waals surface area contributed by atoms with Crippen LogP contribution in [0.25, 0.3) is 11.1 Å². The van der Waals surface area contributed by atoms with Crippen LogP contribution in [0, 0.1) is 5.82 Å². The smallest absolute Gasteiger partial charge is 0.123 e. The minimum atomic E-state index is -0.164. The van der Waals surface area contributed by atoms with Crippen LogP contribution in [0.4, 0.5) is 4.39 Å². The molecule has 0 N–H and O–H groups in total. The fourth-order valence-electron chi connectivity index (χ4n) is 2.81. The third kappa shape index (κ3) is 1.57. The van der Waals surface area contributed by atoms with E-state index in [1.54, 1.807) is 12.1 Å². The number of fused-ring (bicyclic) bond motifs is 3. The number of rotatable bonds is 2. The van der Waals surface area contributed by atoms with Crippen molar-refractivity contribution < 1.29 is 4.39 Å². The Hall–Kier alpha value is -1.67. The number of nitrogens with zero attached hydrogens (tertiary/aromatic N) is 1. The Morgan fingerprint density at radius 1 is 1.06 bits per heavy atom. The molecule has 0 saturated carbocycles. The molecule has 2 aromatic rings.